The van der Waals surface area contributed by atoms with E-state index >= 15 is 0 Å². The van der Waals surface area contributed by atoms with E-state index in [9.17, 15) is 25.9 Å². The summed E-state index contributed by atoms with van der Waals surface area (Å²) in [4.78, 5) is 31.9. The summed E-state index contributed by atoms with van der Waals surface area (Å²) in [5.41, 5.74) is 0.846. The van der Waals surface area contributed by atoms with E-state index in [1.165, 1.54) is 50.6 Å². The molecular formula is C28H24ClN9O8S2. The number of para-hydroxylation sites is 1. The molecule has 0 spiro atoms. The van der Waals surface area contributed by atoms with Gasteiger partial charge in [-0.05, 0) is 59.1 Å². The number of halogens is 1. The maximum atomic E-state index is 12.4. The van der Waals surface area contributed by atoms with E-state index in [1.807, 2.05) is 6.07 Å². The van der Waals surface area contributed by atoms with Gasteiger partial charge in [0.25, 0.3) is 32.3 Å². The van der Waals surface area contributed by atoms with Gasteiger partial charge < -0.3 is 9.47 Å². The van der Waals surface area contributed by atoms with Gasteiger partial charge in [0, 0.05) is 0 Å². The molecular weight excluding hydrogens is 690 g/mol. The van der Waals surface area contributed by atoms with Crippen molar-refractivity contribution in [3.05, 3.63) is 100.0 Å². The van der Waals surface area contributed by atoms with Crippen molar-refractivity contribution in [2.45, 2.75) is 9.79 Å². The highest BCUT2D eigenvalue weighted by Crippen LogP contribution is 2.27. The molecule has 3 aromatic carbocycles. The summed E-state index contributed by atoms with van der Waals surface area (Å²) in [6.45, 7) is 0. The molecule has 2 aromatic heterocycles. The first-order chi connectivity index (χ1) is 22.8. The zero-order valence-electron chi connectivity index (χ0n) is 24.7. The Morgan fingerprint density at radius 2 is 1.19 bits per heavy atom. The molecule has 0 aliphatic rings. The predicted octanol–water partition coefficient (Wildman–Crippen LogP) is 2.89. The Balaban J connectivity index is 1.55. The number of nitrogens with zero attached hydrogens (tertiary/aromatic N) is 6. The average molecular weight is 714 g/mol. The van der Waals surface area contributed by atoms with Crippen LogP contribution in [0.5, 0.6) is 12.0 Å². The first-order valence-electron chi connectivity index (χ1n) is 13.3. The number of aromatic nitrogens is 6. The molecule has 0 aliphatic carbocycles. The van der Waals surface area contributed by atoms with Crippen molar-refractivity contribution in [1.82, 2.24) is 29.9 Å². The van der Waals surface area contributed by atoms with Gasteiger partial charge in [-0.2, -0.15) is 31.8 Å². The highest BCUT2D eigenvalue weighted by atomic mass is 35.5. The van der Waals surface area contributed by atoms with Crippen LogP contribution in [0.4, 0.5) is 17.1 Å². The fourth-order valence-corrected chi connectivity index (χ4v) is 5.62. The van der Waals surface area contributed by atoms with Crippen molar-refractivity contribution in [3.8, 4) is 12.0 Å². The van der Waals surface area contributed by atoms with Crippen LogP contribution in [0.15, 0.2) is 91.5 Å². The summed E-state index contributed by atoms with van der Waals surface area (Å²) in [7, 11) is -6.89. The van der Waals surface area contributed by atoms with E-state index < -0.39 is 30.0 Å². The van der Waals surface area contributed by atoms with Crippen LogP contribution < -0.4 is 26.3 Å². The van der Waals surface area contributed by atoms with E-state index in [0.717, 1.165) is 12.1 Å². The van der Waals surface area contributed by atoms with Crippen LogP contribution in [0.3, 0.4) is 0 Å². The molecule has 5 rings (SSSR count). The summed E-state index contributed by atoms with van der Waals surface area (Å²) in [6, 6.07) is 16.7. The van der Waals surface area contributed by atoms with E-state index in [0.29, 0.717) is 5.69 Å². The Labute approximate surface area is 276 Å². The second kappa shape index (κ2) is 14.1. The highest BCUT2D eigenvalue weighted by molar-refractivity contribution is 7.86. The molecule has 0 fully saturated rings. The van der Waals surface area contributed by atoms with Gasteiger partial charge in [-0.15, -0.1) is 0 Å². The number of hydrogen-bond acceptors (Lipinski definition) is 12. The second-order valence-corrected chi connectivity index (χ2v) is 12.5. The quantitative estimate of drug-likeness (QED) is 0.110. The smallest absolute Gasteiger partial charge is 0.299 e. The van der Waals surface area contributed by atoms with Crippen molar-refractivity contribution in [2.24, 2.45) is 15.0 Å². The summed E-state index contributed by atoms with van der Waals surface area (Å²) >= 11 is 5.86. The normalized spacial score (nSPS) is 13.3. The SMILES string of the molecule is COc1nc(Cl)nc(=Nc2ccc(/C=C/c3ccc(N=c4[nH]c(OC)nc(=Nc5ccccc5)[nH]4)cc3S(=O)(=O)O)c(S(=O)(=O)O)c2)[nH]1. The zero-order chi connectivity index (χ0) is 34.5. The summed E-state index contributed by atoms with van der Waals surface area (Å²) in [6.07, 6.45) is 2.47. The molecule has 0 saturated heterocycles. The number of benzene rings is 3. The summed E-state index contributed by atoms with van der Waals surface area (Å²) in [5.74, 6) is 0. The summed E-state index contributed by atoms with van der Waals surface area (Å²) < 4.78 is 79.4. The van der Waals surface area contributed by atoms with Gasteiger partial charge in [0.2, 0.25) is 22.1 Å². The molecule has 248 valence electrons. The van der Waals surface area contributed by atoms with E-state index in [2.05, 4.69) is 44.9 Å². The minimum absolute atomic E-state index is 0.00291. The van der Waals surface area contributed by atoms with Crippen molar-refractivity contribution in [2.75, 3.05) is 14.2 Å². The lowest BCUT2D eigenvalue weighted by molar-refractivity contribution is 0.372. The second-order valence-electron chi connectivity index (χ2n) is 9.39. The molecule has 17 nitrogen and oxygen atoms in total. The third-order valence-electron chi connectivity index (χ3n) is 6.12. The first kappa shape index (κ1) is 33.9. The number of H-pyrrole nitrogens is 3. The maximum absolute atomic E-state index is 12.4. The van der Waals surface area contributed by atoms with E-state index in [4.69, 9.17) is 21.1 Å². The van der Waals surface area contributed by atoms with Crippen LogP contribution in [0.1, 0.15) is 11.1 Å². The Hall–Kier alpha value is -5.47. The monoisotopic (exact) mass is 713 g/mol. The van der Waals surface area contributed by atoms with Gasteiger partial charge in [0.05, 0.1) is 31.3 Å². The van der Waals surface area contributed by atoms with Crippen LogP contribution in [-0.2, 0) is 20.2 Å². The van der Waals surface area contributed by atoms with E-state index in [-0.39, 0.29) is 56.7 Å². The lowest BCUT2D eigenvalue weighted by Gasteiger charge is -2.07. The average Bonchev–Trinajstić information content (AvgIpc) is 3.03. The van der Waals surface area contributed by atoms with Gasteiger partial charge in [-0.25, -0.2) is 15.0 Å². The molecule has 48 heavy (non-hydrogen) atoms. The molecule has 0 radical (unpaired) electrons. The van der Waals surface area contributed by atoms with Crippen LogP contribution in [-0.4, -0.2) is 70.1 Å². The number of rotatable bonds is 9. The molecule has 5 aromatic rings. The summed E-state index contributed by atoms with van der Waals surface area (Å²) in [5, 5.41) is -0.188. The number of hydrogen-bond donors (Lipinski definition) is 5. The van der Waals surface area contributed by atoms with Crippen molar-refractivity contribution >= 4 is 61.1 Å². The van der Waals surface area contributed by atoms with Gasteiger partial charge in [0.15, 0.2) is 0 Å². The number of aromatic amines is 3. The van der Waals surface area contributed by atoms with Gasteiger partial charge in [-0.3, -0.25) is 24.1 Å². The number of methoxy groups -OCH3 is 2. The fourth-order valence-electron chi connectivity index (χ4n) is 4.06. The molecule has 0 bridgehead atoms. The zero-order valence-corrected chi connectivity index (χ0v) is 27.1. The molecule has 0 atom stereocenters. The molecule has 5 N–H and O–H groups in total. The Kier molecular flexibility index (Phi) is 9.96. The molecule has 0 unspecified atom stereocenters. The third kappa shape index (κ3) is 8.66. The maximum Gasteiger partial charge on any atom is 0.299 e. The molecule has 0 saturated carbocycles. The van der Waals surface area contributed by atoms with Gasteiger partial charge >= 0.3 is 0 Å². The van der Waals surface area contributed by atoms with Crippen LogP contribution in [0, 0.1) is 0 Å². The van der Waals surface area contributed by atoms with Crippen molar-refractivity contribution in [3.63, 3.8) is 0 Å². The lowest BCUT2D eigenvalue weighted by Crippen LogP contribution is -2.27. The minimum atomic E-state index is -4.81. The van der Waals surface area contributed by atoms with Crippen LogP contribution >= 0.6 is 11.6 Å². The van der Waals surface area contributed by atoms with Crippen LogP contribution in [0.2, 0.25) is 5.28 Å². The molecule has 0 amide bonds. The number of ether oxygens (including phenoxy) is 2. The van der Waals surface area contributed by atoms with Crippen molar-refractivity contribution in [1.29, 1.82) is 0 Å². The number of nitrogens with one attached hydrogen (secondary N) is 3. The standard InChI is InChI=1S/C28H24ClN9O8S2/c1-45-27-34-23(29)33-24(36-27)31-19-12-10-16(21(14-19)47(39,40)41)8-9-17-11-13-20(15-22(17)48(42,43)44)32-26-35-25(37-28(38-26)46-2)30-18-6-4-3-5-7-18/h3-15H,1-2H3,(H,39,40,41)(H,42,43,44)(H,31,33,34,36)(H2,30,32,35,37,38)/b9-8+. The predicted molar refractivity (Wildman–Crippen MR) is 171 cm³/mol. The molecule has 2 heterocycles. The molecule has 0 aliphatic heterocycles. The Morgan fingerprint density at radius 1 is 0.667 bits per heavy atom. The van der Waals surface area contributed by atoms with Crippen molar-refractivity contribution < 1.29 is 35.4 Å². The van der Waals surface area contributed by atoms with E-state index in [1.54, 1.807) is 24.3 Å². The van der Waals surface area contributed by atoms with Crippen LogP contribution in [0.25, 0.3) is 12.2 Å². The lowest BCUT2D eigenvalue weighted by atomic mass is 10.1. The largest absolute Gasteiger partial charge is 0.468 e. The minimum Gasteiger partial charge on any atom is -0.468 e. The van der Waals surface area contributed by atoms with Gasteiger partial charge in [0.1, 0.15) is 9.79 Å². The molecule has 20 heteroatoms. The topological polar surface area (TPSA) is 250 Å². The van der Waals surface area contributed by atoms with Gasteiger partial charge in [-0.1, -0.05) is 42.5 Å². The highest BCUT2D eigenvalue weighted by Gasteiger charge is 2.18. The Morgan fingerprint density at radius 3 is 1.75 bits per heavy atom. The first-order valence-corrected chi connectivity index (χ1v) is 16.6. The third-order valence-corrected chi connectivity index (χ3v) is 8.11. The fraction of sp³-hybridized carbons (Fsp3) is 0.0714. The Bertz CT molecular complexity index is 2460.